The summed E-state index contributed by atoms with van der Waals surface area (Å²) >= 11 is 3.46. The Bertz CT molecular complexity index is 367. The van der Waals surface area contributed by atoms with Gasteiger partial charge in [0.05, 0.1) is 11.4 Å². The molecule has 0 aliphatic carbocycles. The number of pyridine rings is 1. The van der Waals surface area contributed by atoms with Crippen molar-refractivity contribution >= 4 is 27.5 Å². The standard InChI is InChI=1S/C10H11BrN2O/c1-7-9(3-2-4-12-7)13-6-8(11)5-10(13)14/h2-4,8H,5-6H2,1H3. The zero-order valence-corrected chi connectivity index (χ0v) is 9.49. The van der Waals surface area contributed by atoms with Gasteiger partial charge < -0.3 is 4.90 Å². The maximum atomic E-state index is 11.6. The minimum atomic E-state index is 0.169. The first-order chi connectivity index (χ1) is 6.68. The van der Waals surface area contributed by atoms with Crippen LogP contribution in [-0.4, -0.2) is 22.3 Å². The normalized spacial score (nSPS) is 21.7. The number of amides is 1. The second kappa shape index (κ2) is 3.69. The summed E-state index contributed by atoms with van der Waals surface area (Å²) in [4.78, 5) is 17.8. The zero-order chi connectivity index (χ0) is 10.1. The van der Waals surface area contributed by atoms with Crippen LogP contribution in [-0.2, 0) is 4.79 Å². The van der Waals surface area contributed by atoms with Gasteiger partial charge >= 0.3 is 0 Å². The van der Waals surface area contributed by atoms with Crippen LogP contribution >= 0.6 is 15.9 Å². The molecule has 14 heavy (non-hydrogen) atoms. The van der Waals surface area contributed by atoms with Crippen LogP contribution in [0.1, 0.15) is 12.1 Å². The predicted octanol–water partition coefficient (Wildman–Crippen LogP) is 1.89. The molecule has 2 rings (SSSR count). The molecule has 1 atom stereocenters. The van der Waals surface area contributed by atoms with Crippen molar-refractivity contribution in [2.75, 3.05) is 11.4 Å². The van der Waals surface area contributed by atoms with E-state index in [0.29, 0.717) is 6.42 Å². The Morgan fingerprint density at radius 3 is 3.00 bits per heavy atom. The third kappa shape index (κ3) is 1.66. The minimum absolute atomic E-state index is 0.169. The molecule has 4 heteroatoms. The lowest BCUT2D eigenvalue weighted by Gasteiger charge is -2.17. The van der Waals surface area contributed by atoms with Gasteiger partial charge in [0.15, 0.2) is 0 Å². The molecule has 1 aliphatic heterocycles. The molecule has 1 amide bonds. The Morgan fingerprint density at radius 2 is 2.43 bits per heavy atom. The molecule has 0 bridgehead atoms. The lowest BCUT2D eigenvalue weighted by Crippen LogP contribution is -2.25. The van der Waals surface area contributed by atoms with E-state index >= 15 is 0 Å². The molecule has 0 radical (unpaired) electrons. The van der Waals surface area contributed by atoms with Crippen molar-refractivity contribution in [1.29, 1.82) is 0 Å². The summed E-state index contributed by atoms with van der Waals surface area (Å²) in [7, 11) is 0. The number of alkyl halides is 1. The minimum Gasteiger partial charge on any atom is -0.309 e. The Kier molecular flexibility index (Phi) is 2.54. The Hall–Kier alpha value is -0.900. The Morgan fingerprint density at radius 1 is 1.64 bits per heavy atom. The summed E-state index contributed by atoms with van der Waals surface area (Å²) in [5.41, 5.74) is 1.84. The number of hydrogen-bond donors (Lipinski definition) is 0. The van der Waals surface area contributed by atoms with Gasteiger partial charge in [0.2, 0.25) is 5.91 Å². The molecule has 74 valence electrons. The van der Waals surface area contributed by atoms with Gasteiger partial charge in [0, 0.05) is 24.0 Å². The second-order valence-corrected chi connectivity index (χ2v) is 4.71. The molecule has 0 spiro atoms. The first-order valence-corrected chi connectivity index (χ1v) is 5.46. The first kappa shape index (κ1) is 9.65. The number of aromatic nitrogens is 1. The van der Waals surface area contributed by atoms with Gasteiger partial charge in [-0.15, -0.1) is 0 Å². The van der Waals surface area contributed by atoms with Crippen LogP contribution in [0.2, 0.25) is 0 Å². The topological polar surface area (TPSA) is 33.2 Å². The monoisotopic (exact) mass is 254 g/mol. The van der Waals surface area contributed by atoms with E-state index in [0.717, 1.165) is 17.9 Å². The summed E-state index contributed by atoms with van der Waals surface area (Å²) in [5, 5.41) is 0. The highest BCUT2D eigenvalue weighted by Gasteiger charge is 2.29. The molecule has 1 aromatic rings. The van der Waals surface area contributed by atoms with Gasteiger partial charge in [0.25, 0.3) is 0 Å². The van der Waals surface area contributed by atoms with Gasteiger partial charge in [-0.1, -0.05) is 15.9 Å². The second-order valence-electron chi connectivity index (χ2n) is 3.41. The Labute approximate surface area is 91.3 Å². The number of halogens is 1. The summed E-state index contributed by atoms with van der Waals surface area (Å²) in [6, 6.07) is 3.79. The van der Waals surface area contributed by atoms with Gasteiger partial charge in [-0.2, -0.15) is 0 Å². The molecule has 0 saturated carbocycles. The largest absolute Gasteiger partial charge is 0.309 e. The van der Waals surface area contributed by atoms with E-state index in [2.05, 4.69) is 20.9 Å². The van der Waals surface area contributed by atoms with Crippen molar-refractivity contribution in [3.63, 3.8) is 0 Å². The number of anilines is 1. The molecule has 1 aromatic heterocycles. The van der Waals surface area contributed by atoms with E-state index in [9.17, 15) is 4.79 Å². The van der Waals surface area contributed by atoms with Gasteiger partial charge in [-0.3, -0.25) is 9.78 Å². The highest BCUT2D eigenvalue weighted by atomic mass is 79.9. The van der Waals surface area contributed by atoms with E-state index in [1.807, 2.05) is 19.1 Å². The van der Waals surface area contributed by atoms with Crippen LogP contribution < -0.4 is 4.90 Å². The molecule has 1 fully saturated rings. The molecule has 0 aromatic carbocycles. The predicted molar refractivity (Wildman–Crippen MR) is 58.7 cm³/mol. The number of hydrogen-bond acceptors (Lipinski definition) is 2. The fraction of sp³-hybridized carbons (Fsp3) is 0.400. The molecule has 1 saturated heterocycles. The summed E-state index contributed by atoms with van der Waals surface area (Å²) in [5.74, 6) is 0.169. The van der Waals surface area contributed by atoms with Crippen LogP contribution in [0.4, 0.5) is 5.69 Å². The number of aryl methyl sites for hydroxylation is 1. The van der Waals surface area contributed by atoms with Crippen LogP contribution in [0.15, 0.2) is 18.3 Å². The average molecular weight is 255 g/mol. The molecule has 0 N–H and O–H groups in total. The Balaban J connectivity index is 2.32. The van der Waals surface area contributed by atoms with E-state index < -0.39 is 0 Å². The van der Waals surface area contributed by atoms with E-state index in [1.54, 1.807) is 11.1 Å². The molecular formula is C10H11BrN2O. The number of carbonyl (C=O) groups is 1. The maximum Gasteiger partial charge on any atom is 0.228 e. The molecule has 3 nitrogen and oxygen atoms in total. The quantitative estimate of drug-likeness (QED) is 0.718. The van der Waals surface area contributed by atoms with Crippen LogP contribution in [0.5, 0.6) is 0 Å². The fourth-order valence-electron chi connectivity index (χ4n) is 1.66. The molecule has 1 aliphatic rings. The first-order valence-electron chi connectivity index (χ1n) is 4.54. The van der Waals surface area contributed by atoms with Gasteiger partial charge in [-0.05, 0) is 19.1 Å². The number of nitrogens with zero attached hydrogens (tertiary/aromatic N) is 2. The molecule has 1 unspecified atom stereocenters. The lowest BCUT2D eigenvalue weighted by molar-refractivity contribution is -0.117. The van der Waals surface area contributed by atoms with Crippen molar-refractivity contribution in [2.24, 2.45) is 0 Å². The summed E-state index contributed by atoms with van der Waals surface area (Å²) in [6.45, 7) is 2.66. The maximum absolute atomic E-state index is 11.6. The van der Waals surface area contributed by atoms with Crippen LogP contribution in [0.3, 0.4) is 0 Å². The number of rotatable bonds is 1. The van der Waals surface area contributed by atoms with E-state index in [4.69, 9.17) is 0 Å². The van der Waals surface area contributed by atoms with Crippen molar-refractivity contribution < 1.29 is 4.79 Å². The lowest BCUT2D eigenvalue weighted by atomic mass is 10.3. The van der Waals surface area contributed by atoms with Gasteiger partial charge in [-0.25, -0.2) is 0 Å². The SMILES string of the molecule is Cc1ncccc1N1CC(Br)CC1=O. The summed E-state index contributed by atoms with van der Waals surface area (Å²) < 4.78 is 0. The smallest absolute Gasteiger partial charge is 0.228 e. The highest BCUT2D eigenvalue weighted by Crippen LogP contribution is 2.26. The zero-order valence-electron chi connectivity index (χ0n) is 7.90. The third-order valence-electron chi connectivity index (χ3n) is 2.35. The molecule has 2 heterocycles. The average Bonchev–Trinajstić information content (AvgIpc) is 2.46. The fourth-order valence-corrected chi connectivity index (χ4v) is 2.22. The molecular weight excluding hydrogens is 244 g/mol. The van der Waals surface area contributed by atoms with Crippen molar-refractivity contribution in [2.45, 2.75) is 18.2 Å². The van der Waals surface area contributed by atoms with Gasteiger partial charge in [0.1, 0.15) is 0 Å². The number of carbonyl (C=O) groups excluding carboxylic acids is 1. The van der Waals surface area contributed by atoms with Crippen molar-refractivity contribution in [3.05, 3.63) is 24.0 Å². The van der Waals surface area contributed by atoms with E-state index in [-0.39, 0.29) is 10.7 Å². The van der Waals surface area contributed by atoms with Crippen LogP contribution in [0, 0.1) is 6.92 Å². The van der Waals surface area contributed by atoms with Crippen LogP contribution in [0.25, 0.3) is 0 Å². The summed E-state index contributed by atoms with van der Waals surface area (Å²) in [6.07, 6.45) is 2.32. The van der Waals surface area contributed by atoms with E-state index in [1.165, 1.54) is 0 Å². The van der Waals surface area contributed by atoms with Crippen molar-refractivity contribution in [3.8, 4) is 0 Å². The third-order valence-corrected chi connectivity index (χ3v) is 2.96. The van der Waals surface area contributed by atoms with Crippen molar-refractivity contribution in [1.82, 2.24) is 4.98 Å². The highest BCUT2D eigenvalue weighted by molar-refractivity contribution is 9.09.